The number of rotatable bonds is 11. The average Bonchev–Trinajstić information content (AvgIpc) is 3.26. The van der Waals surface area contributed by atoms with Crippen LogP contribution in [0, 0.1) is 0 Å². The van der Waals surface area contributed by atoms with Crippen molar-refractivity contribution in [3.63, 3.8) is 0 Å². The van der Waals surface area contributed by atoms with Crippen LogP contribution in [0.5, 0.6) is 0 Å². The van der Waals surface area contributed by atoms with Gasteiger partial charge in [-0.1, -0.05) is 73.5 Å². The number of methoxy groups -OCH3 is 1. The number of carboxylic acids is 1. The number of benzene rings is 2. The van der Waals surface area contributed by atoms with Crippen molar-refractivity contribution in [3.8, 4) is 11.1 Å². The number of hydrogen-bond acceptors (Lipinski definition) is 4. The standard InChI is InChI=1S/C27H34N2O4/c1-3-4-5-6-10-13-23(28)25(30)29-19-27(33-2,18-24(29)26(31)32)22-16-14-21(15-17-22)20-11-8-7-9-12-20/h3,7-9,11-12,14-17,23-24H,1,4-6,10,13,18-19,28H2,2H3,(H,31,32)/t23-,24-,27-/m0/s1. The third-order valence-electron chi connectivity index (χ3n) is 6.54. The van der Waals surface area contributed by atoms with Crippen LogP contribution in [0.2, 0.25) is 0 Å². The van der Waals surface area contributed by atoms with E-state index in [0.717, 1.165) is 42.4 Å². The van der Waals surface area contributed by atoms with E-state index in [-0.39, 0.29) is 18.9 Å². The third-order valence-corrected chi connectivity index (χ3v) is 6.54. The molecule has 3 N–H and O–H groups in total. The van der Waals surface area contributed by atoms with E-state index in [2.05, 4.69) is 6.58 Å². The predicted molar refractivity (Wildman–Crippen MR) is 130 cm³/mol. The lowest BCUT2D eigenvalue weighted by Crippen LogP contribution is -2.49. The molecule has 0 radical (unpaired) electrons. The predicted octanol–water partition coefficient (Wildman–Crippen LogP) is 4.34. The molecule has 0 aliphatic carbocycles. The summed E-state index contributed by atoms with van der Waals surface area (Å²) in [6.45, 7) is 3.87. The number of carboxylic acid groups (broad SMARTS) is 1. The molecule has 1 amide bonds. The van der Waals surface area contributed by atoms with Crippen molar-refractivity contribution in [1.82, 2.24) is 4.90 Å². The van der Waals surface area contributed by atoms with Crippen molar-refractivity contribution in [2.75, 3.05) is 13.7 Å². The van der Waals surface area contributed by atoms with E-state index in [1.165, 1.54) is 4.90 Å². The molecule has 3 atom stereocenters. The van der Waals surface area contributed by atoms with E-state index in [4.69, 9.17) is 10.5 Å². The van der Waals surface area contributed by atoms with Crippen LogP contribution in [0.25, 0.3) is 11.1 Å². The summed E-state index contributed by atoms with van der Waals surface area (Å²) in [5, 5.41) is 9.86. The van der Waals surface area contributed by atoms with E-state index < -0.39 is 23.7 Å². The number of nitrogens with zero attached hydrogens (tertiary/aromatic N) is 1. The minimum absolute atomic E-state index is 0.161. The molecular weight excluding hydrogens is 416 g/mol. The van der Waals surface area contributed by atoms with Crippen molar-refractivity contribution in [1.29, 1.82) is 0 Å². The molecule has 1 saturated heterocycles. The zero-order valence-electron chi connectivity index (χ0n) is 19.3. The normalized spacial score (nSPS) is 21.0. The van der Waals surface area contributed by atoms with Crippen LogP contribution in [0.3, 0.4) is 0 Å². The van der Waals surface area contributed by atoms with E-state index in [9.17, 15) is 14.7 Å². The Labute approximate surface area is 196 Å². The fourth-order valence-electron chi connectivity index (χ4n) is 4.56. The van der Waals surface area contributed by atoms with Gasteiger partial charge in [-0.15, -0.1) is 6.58 Å². The van der Waals surface area contributed by atoms with Gasteiger partial charge in [0.25, 0.3) is 0 Å². The highest BCUT2D eigenvalue weighted by atomic mass is 16.5. The molecule has 6 nitrogen and oxygen atoms in total. The van der Waals surface area contributed by atoms with Crippen molar-refractivity contribution in [3.05, 3.63) is 72.8 Å². The van der Waals surface area contributed by atoms with E-state index in [1.54, 1.807) is 7.11 Å². The smallest absolute Gasteiger partial charge is 0.326 e. The van der Waals surface area contributed by atoms with Gasteiger partial charge in [-0.3, -0.25) is 4.79 Å². The number of ether oxygens (including phenoxy) is 1. The van der Waals surface area contributed by atoms with Crippen LogP contribution in [0.15, 0.2) is 67.3 Å². The van der Waals surface area contributed by atoms with Crippen LogP contribution in [0.4, 0.5) is 0 Å². The number of aliphatic carboxylic acids is 1. The van der Waals surface area contributed by atoms with Gasteiger partial charge in [0.05, 0.1) is 12.6 Å². The highest BCUT2D eigenvalue weighted by Gasteiger charge is 2.51. The Bertz CT molecular complexity index is 944. The molecule has 1 heterocycles. The second-order valence-corrected chi connectivity index (χ2v) is 8.70. The summed E-state index contributed by atoms with van der Waals surface area (Å²) in [6.07, 6.45) is 6.33. The molecule has 1 fully saturated rings. The number of amides is 1. The highest BCUT2D eigenvalue weighted by Crippen LogP contribution is 2.40. The first-order valence-electron chi connectivity index (χ1n) is 11.5. The number of nitrogens with two attached hydrogens (primary N) is 1. The van der Waals surface area contributed by atoms with Crippen molar-refractivity contribution in [2.24, 2.45) is 5.73 Å². The summed E-state index contributed by atoms with van der Waals surface area (Å²) in [6, 6.07) is 16.2. The Morgan fingerprint density at radius 1 is 1.15 bits per heavy atom. The summed E-state index contributed by atoms with van der Waals surface area (Å²) in [7, 11) is 1.57. The van der Waals surface area contributed by atoms with Gasteiger partial charge < -0.3 is 20.5 Å². The van der Waals surface area contributed by atoms with Gasteiger partial charge in [-0.2, -0.15) is 0 Å². The van der Waals surface area contributed by atoms with Gasteiger partial charge in [0.1, 0.15) is 11.6 Å². The topological polar surface area (TPSA) is 92.9 Å². The minimum atomic E-state index is -1.04. The van der Waals surface area contributed by atoms with Crippen molar-refractivity contribution >= 4 is 11.9 Å². The summed E-state index contributed by atoms with van der Waals surface area (Å²) < 4.78 is 5.89. The van der Waals surface area contributed by atoms with Crippen LogP contribution < -0.4 is 5.73 Å². The second kappa shape index (κ2) is 11.3. The number of allylic oxidation sites excluding steroid dienone is 1. The third kappa shape index (κ3) is 5.70. The maximum absolute atomic E-state index is 13.1. The fourth-order valence-corrected chi connectivity index (χ4v) is 4.56. The number of unbranched alkanes of at least 4 members (excludes halogenated alkanes) is 3. The molecule has 6 heteroatoms. The molecule has 0 aromatic heterocycles. The molecule has 1 aliphatic heterocycles. The highest BCUT2D eigenvalue weighted by molar-refractivity contribution is 5.88. The first-order chi connectivity index (χ1) is 15.9. The Kier molecular flexibility index (Phi) is 8.42. The molecule has 0 spiro atoms. The molecule has 176 valence electrons. The van der Waals surface area contributed by atoms with Gasteiger partial charge >= 0.3 is 5.97 Å². The summed E-state index contributed by atoms with van der Waals surface area (Å²) in [5.74, 6) is -1.37. The maximum Gasteiger partial charge on any atom is 0.326 e. The average molecular weight is 451 g/mol. The molecule has 2 aromatic rings. The zero-order valence-corrected chi connectivity index (χ0v) is 19.3. The first kappa shape index (κ1) is 24.7. The fraction of sp³-hybridized carbons (Fsp3) is 0.407. The molecule has 1 aliphatic rings. The second-order valence-electron chi connectivity index (χ2n) is 8.70. The summed E-state index contributed by atoms with van der Waals surface area (Å²) in [5.41, 5.74) is 8.30. The summed E-state index contributed by atoms with van der Waals surface area (Å²) in [4.78, 5) is 26.6. The Morgan fingerprint density at radius 2 is 1.82 bits per heavy atom. The monoisotopic (exact) mass is 450 g/mol. The lowest BCUT2D eigenvalue weighted by Gasteiger charge is -2.29. The Morgan fingerprint density at radius 3 is 2.42 bits per heavy atom. The van der Waals surface area contributed by atoms with Crippen molar-refractivity contribution < 1.29 is 19.4 Å². The van der Waals surface area contributed by atoms with Crippen LogP contribution in [0.1, 0.15) is 44.1 Å². The molecule has 0 unspecified atom stereocenters. The van der Waals surface area contributed by atoms with E-state index in [0.29, 0.717) is 6.42 Å². The van der Waals surface area contributed by atoms with Gasteiger partial charge in [0.2, 0.25) is 5.91 Å². The lowest BCUT2D eigenvalue weighted by atomic mass is 9.89. The Balaban J connectivity index is 1.76. The zero-order chi connectivity index (χ0) is 23.8. The molecule has 3 rings (SSSR count). The van der Waals surface area contributed by atoms with E-state index >= 15 is 0 Å². The summed E-state index contributed by atoms with van der Waals surface area (Å²) >= 11 is 0. The van der Waals surface area contributed by atoms with E-state index in [1.807, 2.05) is 60.7 Å². The van der Waals surface area contributed by atoms with Gasteiger partial charge in [-0.05, 0) is 36.0 Å². The van der Waals surface area contributed by atoms with Crippen LogP contribution in [-0.4, -0.2) is 47.6 Å². The lowest BCUT2D eigenvalue weighted by molar-refractivity contribution is -0.148. The van der Waals surface area contributed by atoms with Gasteiger partial charge in [0, 0.05) is 13.5 Å². The van der Waals surface area contributed by atoms with Crippen LogP contribution in [-0.2, 0) is 19.9 Å². The molecule has 33 heavy (non-hydrogen) atoms. The number of likely N-dealkylation sites (tertiary alicyclic amines) is 1. The minimum Gasteiger partial charge on any atom is -0.480 e. The van der Waals surface area contributed by atoms with Crippen LogP contribution >= 0.6 is 0 Å². The quantitative estimate of drug-likeness (QED) is 0.392. The largest absolute Gasteiger partial charge is 0.480 e. The van der Waals surface area contributed by atoms with Gasteiger partial charge in [0.15, 0.2) is 0 Å². The molecule has 2 aromatic carbocycles. The first-order valence-corrected chi connectivity index (χ1v) is 11.5. The molecule has 0 bridgehead atoms. The molecule has 0 saturated carbocycles. The van der Waals surface area contributed by atoms with Crippen molar-refractivity contribution in [2.45, 2.75) is 56.2 Å². The number of carbonyl (C=O) groups excluding carboxylic acids is 1. The SMILES string of the molecule is C=CCCCCC[C@H](N)C(=O)N1C[C@](OC)(c2ccc(-c3ccccc3)cc2)C[C@H]1C(=O)O. The Hall–Kier alpha value is -2.96. The van der Waals surface area contributed by atoms with Gasteiger partial charge in [-0.25, -0.2) is 4.79 Å². The number of hydrogen-bond donors (Lipinski definition) is 2. The maximum atomic E-state index is 13.1. The number of carbonyl (C=O) groups is 2. The molecular formula is C27H34N2O4.